The molecule has 0 bridgehead atoms. The number of aromatic nitrogens is 2. The van der Waals surface area contributed by atoms with Crippen LogP contribution in [-0.4, -0.2) is 9.38 Å². The summed E-state index contributed by atoms with van der Waals surface area (Å²) in [6.07, 6.45) is 3.85. The van der Waals surface area contributed by atoms with Crippen LogP contribution in [0.4, 0.5) is 0 Å². The Kier molecular flexibility index (Phi) is 1.72. The number of rotatable bonds is 1. The lowest BCUT2D eigenvalue weighted by Crippen LogP contribution is -2.12. The molecule has 2 aromatic rings. The minimum absolute atomic E-state index is 0.0174. The van der Waals surface area contributed by atoms with Gasteiger partial charge in [0.15, 0.2) is 0 Å². The maximum atomic E-state index is 11.5. The summed E-state index contributed by atoms with van der Waals surface area (Å²) < 4.78 is 1.86. The van der Waals surface area contributed by atoms with Crippen molar-refractivity contribution < 1.29 is 0 Å². The average Bonchev–Trinajstić information content (AvgIpc) is 2.51. The minimum atomic E-state index is -0.0174. The summed E-state index contributed by atoms with van der Waals surface area (Å²) >= 11 is 0. The van der Waals surface area contributed by atoms with Crippen LogP contribution in [0.25, 0.3) is 5.52 Å². The molecule has 0 saturated heterocycles. The fraction of sp³-hybridized carbons (Fsp3) is 0.300. The van der Waals surface area contributed by atoms with Gasteiger partial charge in [0.2, 0.25) is 0 Å². The van der Waals surface area contributed by atoms with E-state index in [4.69, 9.17) is 0 Å². The van der Waals surface area contributed by atoms with Crippen LogP contribution in [0.15, 0.2) is 29.3 Å². The molecule has 0 atom stereocenters. The molecule has 0 aliphatic rings. The van der Waals surface area contributed by atoms with E-state index >= 15 is 0 Å². The number of aromatic amines is 1. The van der Waals surface area contributed by atoms with E-state index in [-0.39, 0.29) is 5.56 Å². The van der Waals surface area contributed by atoms with Gasteiger partial charge < -0.3 is 9.38 Å². The Hall–Kier alpha value is -1.51. The van der Waals surface area contributed by atoms with Crippen molar-refractivity contribution in [2.45, 2.75) is 19.8 Å². The van der Waals surface area contributed by atoms with Gasteiger partial charge >= 0.3 is 0 Å². The highest BCUT2D eigenvalue weighted by Gasteiger charge is 2.03. The molecule has 0 amide bonds. The Bertz CT molecular complexity index is 479. The van der Waals surface area contributed by atoms with Crippen molar-refractivity contribution in [1.82, 2.24) is 9.38 Å². The standard InChI is InChI=1S/C10H12N2O/c1-7(2)8-6-12-5-3-4-9(12)10(13)11-8/h3-7H,1-2H3,(H,11,13). The van der Waals surface area contributed by atoms with Gasteiger partial charge in [-0.05, 0) is 18.1 Å². The van der Waals surface area contributed by atoms with Crippen LogP contribution >= 0.6 is 0 Å². The van der Waals surface area contributed by atoms with Crippen molar-refractivity contribution in [1.29, 1.82) is 0 Å². The molecule has 0 fully saturated rings. The summed E-state index contributed by atoms with van der Waals surface area (Å²) in [6, 6.07) is 3.68. The molecule has 2 heterocycles. The third-order valence-corrected chi connectivity index (χ3v) is 2.17. The Labute approximate surface area is 76.0 Å². The van der Waals surface area contributed by atoms with Gasteiger partial charge in [-0.2, -0.15) is 0 Å². The first-order valence-corrected chi connectivity index (χ1v) is 4.38. The first kappa shape index (κ1) is 8.10. The molecule has 0 spiro atoms. The van der Waals surface area contributed by atoms with Crippen molar-refractivity contribution in [2.24, 2.45) is 0 Å². The van der Waals surface area contributed by atoms with Crippen molar-refractivity contribution in [3.05, 3.63) is 40.6 Å². The Morgan fingerprint density at radius 3 is 2.92 bits per heavy atom. The highest BCUT2D eigenvalue weighted by molar-refractivity contribution is 5.45. The lowest BCUT2D eigenvalue weighted by molar-refractivity contribution is 0.801. The Morgan fingerprint density at radius 1 is 1.46 bits per heavy atom. The van der Waals surface area contributed by atoms with Crippen LogP contribution in [-0.2, 0) is 0 Å². The molecule has 3 heteroatoms. The van der Waals surface area contributed by atoms with Crippen LogP contribution in [0.1, 0.15) is 25.5 Å². The van der Waals surface area contributed by atoms with E-state index in [1.807, 2.05) is 28.9 Å². The number of hydrogen-bond acceptors (Lipinski definition) is 1. The van der Waals surface area contributed by atoms with Gasteiger partial charge in [-0.3, -0.25) is 4.79 Å². The zero-order chi connectivity index (χ0) is 9.42. The predicted octanol–water partition coefficient (Wildman–Crippen LogP) is 1.75. The van der Waals surface area contributed by atoms with E-state index in [0.29, 0.717) is 11.4 Å². The topological polar surface area (TPSA) is 37.3 Å². The van der Waals surface area contributed by atoms with Crippen molar-refractivity contribution >= 4 is 5.52 Å². The molecule has 68 valence electrons. The van der Waals surface area contributed by atoms with E-state index in [1.165, 1.54) is 0 Å². The van der Waals surface area contributed by atoms with Crippen molar-refractivity contribution in [2.75, 3.05) is 0 Å². The molecule has 2 aromatic heterocycles. The highest BCUT2D eigenvalue weighted by atomic mass is 16.1. The lowest BCUT2D eigenvalue weighted by Gasteiger charge is -2.05. The number of fused-ring (bicyclic) bond motifs is 1. The summed E-state index contributed by atoms with van der Waals surface area (Å²) in [5.74, 6) is 0.347. The quantitative estimate of drug-likeness (QED) is 0.706. The molecule has 1 N–H and O–H groups in total. The smallest absolute Gasteiger partial charge is 0.272 e. The van der Waals surface area contributed by atoms with Gasteiger partial charge in [0.1, 0.15) is 5.52 Å². The number of nitrogens with zero attached hydrogens (tertiary/aromatic N) is 1. The molecule has 0 unspecified atom stereocenters. The zero-order valence-corrected chi connectivity index (χ0v) is 7.74. The zero-order valence-electron chi connectivity index (χ0n) is 7.74. The van der Waals surface area contributed by atoms with E-state index < -0.39 is 0 Å². The summed E-state index contributed by atoms with van der Waals surface area (Å²) in [5.41, 5.74) is 1.65. The average molecular weight is 176 g/mol. The summed E-state index contributed by atoms with van der Waals surface area (Å²) in [6.45, 7) is 4.11. The molecule has 13 heavy (non-hydrogen) atoms. The van der Waals surface area contributed by atoms with Gasteiger partial charge in [0.05, 0.1) is 0 Å². The van der Waals surface area contributed by atoms with E-state index in [2.05, 4.69) is 18.8 Å². The van der Waals surface area contributed by atoms with Crippen molar-refractivity contribution in [3.63, 3.8) is 0 Å². The van der Waals surface area contributed by atoms with Gasteiger partial charge in [0.25, 0.3) is 5.56 Å². The summed E-state index contributed by atoms with van der Waals surface area (Å²) in [5, 5.41) is 0. The molecule has 3 nitrogen and oxygen atoms in total. The van der Waals surface area contributed by atoms with Crippen LogP contribution in [0.2, 0.25) is 0 Å². The molecule has 0 aromatic carbocycles. The second-order valence-electron chi connectivity index (χ2n) is 3.49. The van der Waals surface area contributed by atoms with E-state index in [0.717, 1.165) is 5.69 Å². The van der Waals surface area contributed by atoms with Crippen LogP contribution in [0, 0.1) is 0 Å². The largest absolute Gasteiger partial charge is 0.323 e. The molecular weight excluding hydrogens is 164 g/mol. The van der Waals surface area contributed by atoms with Gasteiger partial charge in [0, 0.05) is 18.1 Å². The Morgan fingerprint density at radius 2 is 2.23 bits per heavy atom. The van der Waals surface area contributed by atoms with Gasteiger partial charge in [-0.1, -0.05) is 13.8 Å². The monoisotopic (exact) mass is 176 g/mol. The highest BCUT2D eigenvalue weighted by Crippen LogP contribution is 2.09. The molecule has 2 rings (SSSR count). The van der Waals surface area contributed by atoms with Crippen LogP contribution in [0.3, 0.4) is 0 Å². The van der Waals surface area contributed by atoms with Crippen molar-refractivity contribution in [3.8, 4) is 0 Å². The molecular formula is C10H12N2O. The van der Waals surface area contributed by atoms with Crippen LogP contribution < -0.4 is 5.56 Å². The maximum absolute atomic E-state index is 11.5. The predicted molar refractivity (Wildman–Crippen MR) is 52.1 cm³/mol. The minimum Gasteiger partial charge on any atom is -0.323 e. The normalized spacial score (nSPS) is 11.3. The first-order valence-electron chi connectivity index (χ1n) is 4.38. The second kappa shape index (κ2) is 2.76. The first-order chi connectivity index (χ1) is 6.18. The second-order valence-corrected chi connectivity index (χ2v) is 3.49. The molecule has 0 saturated carbocycles. The number of nitrogens with one attached hydrogen (secondary N) is 1. The fourth-order valence-corrected chi connectivity index (χ4v) is 1.37. The number of H-pyrrole nitrogens is 1. The molecule has 0 aliphatic carbocycles. The van der Waals surface area contributed by atoms with E-state index in [1.54, 1.807) is 0 Å². The third kappa shape index (κ3) is 1.26. The fourth-order valence-electron chi connectivity index (χ4n) is 1.37. The summed E-state index contributed by atoms with van der Waals surface area (Å²) in [7, 11) is 0. The maximum Gasteiger partial charge on any atom is 0.272 e. The van der Waals surface area contributed by atoms with Crippen LogP contribution in [0.5, 0.6) is 0 Å². The summed E-state index contributed by atoms with van der Waals surface area (Å²) in [4.78, 5) is 14.3. The Balaban J connectivity index is 2.77. The molecule has 0 radical (unpaired) electrons. The van der Waals surface area contributed by atoms with Gasteiger partial charge in [-0.15, -0.1) is 0 Å². The SMILES string of the molecule is CC(C)c1cn2cccc2c(=O)[nH]1. The third-order valence-electron chi connectivity index (χ3n) is 2.17. The van der Waals surface area contributed by atoms with Gasteiger partial charge in [-0.25, -0.2) is 0 Å². The number of hydrogen-bond donors (Lipinski definition) is 1. The lowest BCUT2D eigenvalue weighted by atomic mass is 10.1. The van der Waals surface area contributed by atoms with E-state index in [9.17, 15) is 4.79 Å². The molecule has 0 aliphatic heterocycles.